The minimum Gasteiger partial charge on any atom is -0.388 e. The van der Waals surface area contributed by atoms with Crippen molar-refractivity contribution in [2.24, 2.45) is 0 Å². The number of carbonyl (C=O) groups is 3. The van der Waals surface area contributed by atoms with Crippen molar-refractivity contribution in [3.05, 3.63) is 23.2 Å². The highest BCUT2D eigenvalue weighted by molar-refractivity contribution is 6.29. The van der Waals surface area contributed by atoms with Gasteiger partial charge in [-0.3, -0.25) is 9.59 Å². The van der Waals surface area contributed by atoms with Crippen molar-refractivity contribution in [1.82, 2.24) is 59.9 Å². The number of aromatic nitrogens is 8. The Morgan fingerprint density at radius 2 is 1.03 bits per heavy atom. The highest BCUT2D eigenvalue weighted by Crippen LogP contribution is 2.37. The van der Waals surface area contributed by atoms with Gasteiger partial charge in [0.1, 0.15) is 37.6 Å². The van der Waals surface area contributed by atoms with Crippen LogP contribution in [0.2, 0.25) is 10.6 Å². The molecule has 0 aromatic carbocycles. The summed E-state index contributed by atoms with van der Waals surface area (Å²) in [7, 11) is 0. The minimum atomic E-state index is -1.27. The number of rotatable bonds is 11. The van der Waals surface area contributed by atoms with Crippen LogP contribution >= 0.6 is 23.2 Å². The van der Waals surface area contributed by atoms with Crippen LogP contribution in [0, 0.1) is 0 Å². The van der Waals surface area contributed by atoms with Gasteiger partial charge in [0.05, 0.1) is 36.8 Å². The molecule has 11 N–H and O–H groups in total. The summed E-state index contributed by atoms with van der Waals surface area (Å²) in [4.78, 5) is 65.1. The first-order valence-electron chi connectivity index (χ1n) is 20.2. The summed E-state index contributed by atoms with van der Waals surface area (Å²) >= 11 is 12.7. The maximum atomic E-state index is 13.4. The van der Waals surface area contributed by atoms with Gasteiger partial charge in [-0.15, -0.1) is 0 Å². The zero-order chi connectivity index (χ0) is 43.1. The van der Waals surface area contributed by atoms with Gasteiger partial charge < -0.3 is 71.3 Å². The van der Waals surface area contributed by atoms with Crippen LogP contribution in [0.25, 0.3) is 22.3 Å². The van der Waals surface area contributed by atoms with Crippen LogP contribution in [0.4, 0.5) is 16.4 Å². The second-order valence-electron chi connectivity index (χ2n) is 16.1. The third-order valence-corrected chi connectivity index (χ3v) is 12.6. The zero-order valence-electron chi connectivity index (χ0n) is 32.7. The number of nitrogens with one attached hydrogen (secondary N) is 5. The molecule has 25 heteroatoms. The third-order valence-electron chi connectivity index (χ3n) is 12.3. The molecule has 23 nitrogen and oxygen atoms in total. The van der Waals surface area contributed by atoms with E-state index < -0.39 is 73.6 Å². The average Bonchev–Trinajstić information content (AvgIpc) is 4.00. The lowest BCUT2D eigenvalue weighted by Crippen LogP contribution is -2.50. The van der Waals surface area contributed by atoms with E-state index in [1.165, 1.54) is 12.7 Å². The number of hydrogen-bond acceptors (Lipinski definition) is 17. The molecule has 3 saturated carbocycles. The van der Waals surface area contributed by atoms with Gasteiger partial charge in [-0.25, -0.2) is 14.8 Å². The molecule has 4 aromatic rings. The molecule has 1 aliphatic heterocycles. The first-order chi connectivity index (χ1) is 29.3. The van der Waals surface area contributed by atoms with Crippen LogP contribution in [0.15, 0.2) is 12.7 Å². The monoisotopic (exact) mass is 890 g/mol. The SMILES string of the molecule is O=C(CO)N[C@H]1C[C@@H](n2cnc3c(NC4CCC(NC(=O)N5CCC(Nc6nc(Cl)nc7c6ncn7[C@@H]6C[C@H](NC(=O)CO)[C@@H](O)[C@H]6O)CC5)CC4)nc(Cl)nc32)[C@H](O)[C@@H]1O. The average molecular weight is 892 g/mol. The number of nitrogens with zero attached hydrogens (tertiary/aromatic N) is 9. The molecule has 4 amide bonds. The van der Waals surface area contributed by atoms with E-state index in [-0.39, 0.29) is 47.6 Å². The van der Waals surface area contributed by atoms with Crippen molar-refractivity contribution in [3.63, 3.8) is 0 Å². The number of anilines is 2. The van der Waals surface area contributed by atoms with Gasteiger partial charge in [0.15, 0.2) is 34.0 Å². The Morgan fingerprint density at radius 1 is 0.607 bits per heavy atom. The first-order valence-corrected chi connectivity index (χ1v) is 21.0. The van der Waals surface area contributed by atoms with E-state index in [9.17, 15) is 34.8 Å². The van der Waals surface area contributed by atoms with Crippen molar-refractivity contribution in [3.8, 4) is 0 Å². The quantitative estimate of drug-likeness (QED) is 0.0769. The lowest BCUT2D eigenvalue weighted by Gasteiger charge is -2.35. The first kappa shape index (κ1) is 42.9. The topological polar surface area (TPSA) is 323 Å². The molecule has 4 fully saturated rings. The Morgan fingerprint density at radius 3 is 1.48 bits per heavy atom. The van der Waals surface area contributed by atoms with Crippen LogP contribution in [0.5, 0.6) is 0 Å². The van der Waals surface area contributed by atoms with E-state index in [0.717, 1.165) is 25.7 Å². The maximum Gasteiger partial charge on any atom is 0.317 e. The number of amides is 4. The molecule has 0 spiro atoms. The summed E-state index contributed by atoms with van der Waals surface area (Å²) in [6.45, 7) is -0.494. The van der Waals surface area contributed by atoms with Crippen LogP contribution in [0.1, 0.15) is 63.5 Å². The standard InChI is InChI=1S/C36H48Cl2N14O9/c37-34-46-30(24-32(48-34)51(13-39-24)20-9-18(26(57)28(20)59)44-22(55)11-53)41-15-1-3-16(4-2-15)43-36(61)50-7-5-17(6-8-50)42-31-25-33(49-35(38)47-31)52(14-40-25)21-10-19(27(58)29(21)60)45-23(56)12-54/h13-21,26-29,53-54,57-60H,1-12H2,(H,43,61)(H,44,55)(H,45,56)(H,41,46,48)(H,42,47,49)/t15?,16?,18-,19-,20+,21+,26+,27+,28-,29-/m0/s1. The fourth-order valence-corrected chi connectivity index (χ4v) is 9.42. The molecule has 3 aliphatic carbocycles. The second kappa shape index (κ2) is 17.9. The maximum absolute atomic E-state index is 13.4. The van der Waals surface area contributed by atoms with E-state index in [0.29, 0.717) is 59.9 Å². The van der Waals surface area contributed by atoms with Crippen molar-refractivity contribution in [2.45, 2.75) is 118 Å². The summed E-state index contributed by atoms with van der Waals surface area (Å²) in [6, 6.07) is -3.14. The van der Waals surface area contributed by atoms with Crippen molar-refractivity contribution >= 4 is 75.0 Å². The molecule has 0 bridgehead atoms. The molecular weight excluding hydrogens is 843 g/mol. The summed E-state index contributed by atoms with van der Waals surface area (Å²) < 4.78 is 3.21. The van der Waals surface area contributed by atoms with E-state index in [1.54, 1.807) is 14.0 Å². The highest BCUT2D eigenvalue weighted by Gasteiger charge is 2.45. The minimum absolute atomic E-state index is 0.00529. The number of fused-ring (bicyclic) bond motifs is 2. The van der Waals surface area contributed by atoms with Crippen LogP contribution < -0.4 is 26.6 Å². The number of carbonyl (C=O) groups excluding carboxylic acids is 3. The lowest BCUT2D eigenvalue weighted by molar-refractivity contribution is -0.126. The van der Waals surface area contributed by atoms with E-state index in [1.807, 2.05) is 0 Å². The molecule has 4 aromatic heterocycles. The number of aliphatic hydroxyl groups excluding tert-OH is 6. The van der Waals surface area contributed by atoms with Crippen LogP contribution in [-0.4, -0.2) is 173 Å². The summed E-state index contributed by atoms with van der Waals surface area (Å²) in [6.07, 6.45) is 2.43. The van der Waals surface area contributed by atoms with Gasteiger partial charge in [0.2, 0.25) is 22.4 Å². The molecule has 8 rings (SSSR count). The highest BCUT2D eigenvalue weighted by atomic mass is 35.5. The predicted octanol–water partition coefficient (Wildman–Crippen LogP) is -1.43. The van der Waals surface area contributed by atoms with Crippen LogP contribution in [0.3, 0.4) is 0 Å². The number of hydrogen-bond donors (Lipinski definition) is 11. The Bertz CT molecular complexity index is 2250. The molecule has 5 heterocycles. The van der Waals surface area contributed by atoms with Gasteiger partial charge in [0, 0.05) is 31.2 Å². The number of likely N-dealkylation sites (tertiary alicyclic amines) is 1. The number of aliphatic hydroxyl groups is 6. The largest absolute Gasteiger partial charge is 0.388 e. The van der Waals surface area contributed by atoms with Gasteiger partial charge in [-0.1, -0.05) is 0 Å². The molecule has 61 heavy (non-hydrogen) atoms. The summed E-state index contributed by atoms with van der Waals surface area (Å²) in [5.41, 5.74) is 1.52. The van der Waals surface area contributed by atoms with Crippen molar-refractivity contribution < 1.29 is 45.0 Å². The molecule has 0 radical (unpaired) electrons. The molecule has 330 valence electrons. The molecular formula is C36H48Cl2N14O9. The van der Waals surface area contributed by atoms with Crippen molar-refractivity contribution in [2.75, 3.05) is 36.9 Å². The Labute approximate surface area is 357 Å². The molecule has 1 saturated heterocycles. The van der Waals surface area contributed by atoms with Crippen molar-refractivity contribution in [1.29, 1.82) is 0 Å². The smallest absolute Gasteiger partial charge is 0.317 e. The number of urea groups is 1. The van der Waals surface area contributed by atoms with E-state index in [4.69, 9.17) is 33.4 Å². The van der Waals surface area contributed by atoms with E-state index >= 15 is 0 Å². The zero-order valence-corrected chi connectivity index (χ0v) is 34.2. The summed E-state index contributed by atoms with van der Waals surface area (Å²) in [5, 5.41) is 76.0. The Balaban J connectivity index is 0.824. The number of imidazole rings is 2. The van der Waals surface area contributed by atoms with Gasteiger partial charge in [-0.2, -0.15) is 19.9 Å². The molecule has 0 unspecified atom stereocenters. The summed E-state index contributed by atoms with van der Waals surface area (Å²) in [5.74, 6) is -0.515. The Kier molecular flexibility index (Phi) is 12.6. The Hall–Kier alpha value is -4.75. The normalized spacial score (nSPS) is 29.5. The van der Waals surface area contributed by atoms with Gasteiger partial charge >= 0.3 is 6.03 Å². The predicted molar refractivity (Wildman–Crippen MR) is 216 cm³/mol. The van der Waals surface area contributed by atoms with Gasteiger partial charge in [0.25, 0.3) is 0 Å². The molecule has 4 aliphatic rings. The fraction of sp³-hybridized carbons (Fsp3) is 0.639. The van der Waals surface area contributed by atoms with Crippen LogP contribution in [-0.2, 0) is 9.59 Å². The van der Waals surface area contributed by atoms with Gasteiger partial charge in [-0.05, 0) is 74.6 Å². The molecule has 8 atom stereocenters. The fourth-order valence-electron chi connectivity index (χ4n) is 9.09. The number of piperidine rings is 1. The third kappa shape index (κ3) is 8.82. The van der Waals surface area contributed by atoms with E-state index in [2.05, 4.69) is 56.5 Å². The second-order valence-corrected chi connectivity index (χ2v) is 16.8. The number of halogens is 2. The lowest BCUT2D eigenvalue weighted by atomic mass is 9.91.